The minimum atomic E-state index is 0.618. The number of nitrogens with zero attached hydrogens (tertiary/aromatic N) is 1. The largest absolute Gasteiger partial charge is 0.379 e. The molecule has 0 spiro atoms. The zero-order chi connectivity index (χ0) is 13.5. The summed E-state index contributed by atoms with van der Waals surface area (Å²) < 4.78 is 5.29. The van der Waals surface area contributed by atoms with Gasteiger partial charge < -0.3 is 4.74 Å². The Balaban J connectivity index is 1.64. The molecule has 2 rings (SSSR count). The normalized spacial score (nSPS) is 16.3. The second kappa shape index (κ2) is 7.50. The van der Waals surface area contributed by atoms with Crippen LogP contribution in [0.5, 0.6) is 0 Å². The van der Waals surface area contributed by atoms with Crippen molar-refractivity contribution in [3.8, 4) is 0 Å². The smallest absolute Gasteiger partial charge is 0.0873 e. The lowest BCUT2D eigenvalue weighted by Gasteiger charge is -2.26. The van der Waals surface area contributed by atoms with Gasteiger partial charge in [-0.25, -0.2) is 0 Å². The Labute approximate surface area is 118 Å². The van der Waals surface area contributed by atoms with Crippen LogP contribution >= 0.6 is 11.6 Å². The van der Waals surface area contributed by atoms with Crippen LogP contribution in [0.1, 0.15) is 5.56 Å². The van der Waals surface area contributed by atoms with Gasteiger partial charge in [-0.1, -0.05) is 30.3 Å². The summed E-state index contributed by atoms with van der Waals surface area (Å²) in [6.07, 6.45) is 0. The Morgan fingerprint density at radius 1 is 1.32 bits per heavy atom. The van der Waals surface area contributed by atoms with Crippen LogP contribution in [0.4, 0.5) is 0 Å². The predicted octanol–water partition coefficient (Wildman–Crippen LogP) is 2.16. The molecule has 0 saturated carbocycles. The molecular weight excluding hydrogens is 264 g/mol. The Kier molecular flexibility index (Phi) is 5.66. The van der Waals surface area contributed by atoms with Crippen molar-refractivity contribution in [3.63, 3.8) is 0 Å². The van der Waals surface area contributed by atoms with E-state index in [0.29, 0.717) is 11.6 Å². The van der Waals surface area contributed by atoms with Crippen LogP contribution in [0.3, 0.4) is 0 Å². The summed E-state index contributed by atoms with van der Waals surface area (Å²) in [7, 11) is 0. The van der Waals surface area contributed by atoms with E-state index in [0.717, 1.165) is 44.1 Å². The van der Waals surface area contributed by atoms with E-state index in [9.17, 15) is 0 Å². The number of ether oxygens (including phenoxy) is 1. The summed E-state index contributed by atoms with van der Waals surface area (Å²) in [4.78, 5) is 7.73. The van der Waals surface area contributed by atoms with Crippen molar-refractivity contribution in [1.29, 1.82) is 0 Å². The highest BCUT2D eigenvalue weighted by molar-refractivity contribution is 6.30. The number of hydroxylamine groups is 1. The highest BCUT2D eigenvalue weighted by Gasteiger charge is 2.09. The molecule has 0 radical (unpaired) electrons. The molecule has 5 heteroatoms. The molecule has 0 atom stereocenters. The molecule has 1 N–H and O–H groups in total. The van der Waals surface area contributed by atoms with Crippen molar-refractivity contribution in [1.82, 2.24) is 10.4 Å². The van der Waals surface area contributed by atoms with Crippen molar-refractivity contribution in [2.75, 3.05) is 39.5 Å². The molecule has 4 nitrogen and oxygen atoms in total. The molecule has 1 aliphatic rings. The number of benzene rings is 1. The van der Waals surface area contributed by atoms with E-state index in [1.165, 1.54) is 0 Å². The molecule has 0 unspecified atom stereocenters. The van der Waals surface area contributed by atoms with Crippen LogP contribution in [0, 0.1) is 0 Å². The van der Waals surface area contributed by atoms with Crippen LogP contribution < -0.4 is 5.48 Å². The fraction of sp³-hybridized carbons (Fsp3) is 0.429. The summed E-state index contributed by atoms with van der Waals surface area (Å²) >= 11 is 5.83. The zero-order valence-electron chi connectivity index (χ0n) is 10.9. The molecule has 1 heterocycles. The van der Waals surface area contributed by atoms with Gasteiger partial charge in [0.1, 0.15) is 0 Å². The lowest BCUT2D eigenvalue weighted by molar-refractivity contribution is 0.00861. The van der Waals surface area contributed by atoms with Crippen LogP contribution in [0.25, 0.3) is 5.70 Å². The van der Waals surface area contributed by atoms with Gasteiger partial charge in [0.25, 0.3) is 0 Å². The standard InChI is InChI=1S/C14H19ClN2O2/c1-12(13-2-4-14(15)5-3-13)16-19-11-8-17-6-9-18-10-7-17/h2-5,16H,1,6-11H2. The SMILES string of the molecule is C=C(NOCCN1CCOCC1)c1ccc(Cl)cc1. The molecule has 1 aromatic carbocycles. The Hall–Kier alpha value is -1.07. The number of rotatable bonds is 6. The van der Waals surface area contributed by atoms with Crippen LogP contribution in [-0.4, -0.2) is 44.4 Å². The van der Waals surface area contributed by atoms with E-state index in [4.69, 9.17) is 21.2 Å². The third-order valence-electron chi connectivity index (χ3n) is 3.00. The molecule has 0 bridgehead atoms. The second-order valence-corrected chi connectivity index (χ2v) is 4.83. The molecule has 0 amide bonds. The van der Waals surface area contributed by atoms with Crippen LogP contribution in [0.2, 0.25) is 5.02 Å². The fourth-order valence-electron chi connectivity index (χ4n) is 1.85. The summed E-state index contributed by atoms with van der Waals surface area (Å²) in [6.45, 7) is 9.01. The first-order chi connectivity index (χ1) is 9.25. The van der Waals surface area contributed by atoms with E-state index in [1.807, 2.05) is 24.3 Å². The number of hydrogen-bond donors (Lipinski definition) is 1. The Morgan fingerprint density at radius 2 is 2.00 bits per heavy atom. The first-order valence-electron chi connectivity index (χ1n) is 6.38. The summed E-state index contributed by atoms with van der Waals surface area (Å²) in [5.41, 5.74) is 4.57. The highest BCUT2D eigenvalue weighted by atomic mass is 35.5. The minimum absolute atomic E-state index is 0.618. The number of hydrogen-bond acceptors (Lipinski definition) is 4. The lowest BCUT2D eigenvalue weighted by Crippen LogP contribution is -2.38. The summed E-state index contributed by atoms with van der Waals surface area (Å²) in [6, 6.07) is 7.47. The van der Waals surface area contributed by atoms with Gasteiger partial charge in [-0.05, 0) is 17.7 Å². The molecule has 1 saturated heterocycles. The van der Waals surface area contributed by atoms with E-state index in [2.05, 4.69) is 17.0 Å². The Morgan fingerprint density at radius 3 is 2.68 bits per heavy atom. The van der Waals surface area contributed by atoms with Gasteiger partial charge in [0.05, 0.1) is 25.5 Å². The van der Waals surface area contributed by atoms with E-state index in [1.54, 1.807) is 0 Å². The van der Waals surface area contributed by atoms with Crippen LogP contribution in [0.15, 0.2) is 30.8 Å². The molecule has 0 aliphatic carbocycles. The van der Waals surface area contributed by atoms with Crippen LogP contribution in [-0.2, 0) is 9.57 Å². The molecule has 19 heavy (non-hydrogen) atoms. The number of nitrogens with one attached hydrogen (secondary N) is 1. The Bertz CT molecular complexity index is 402. The van der Waals surface area contributed by atoms with Gasteiger partial charge in [0.15, 0.2) is 0 Å². The van der Waals surface area contributed by atoms with Gasteiger partial charge in [-0.15, -0.1) is 0 Å². The summed E-state index contributed by atoms with van der Waals surface area (Å²) in [5, 5.41) is 0.713. The molecule has 0 aromatic heterocycles. The van der Waals surface area contributed by atoms with Gasteiger partial charge in [0.2, 0.25) is 0 Å². The monoisotopic (exact) mass is 282 g/mol. The molecule has 1 aliphatic heterocycles. The third kappa shape index (κ3) is 4.84. The third-order valence-corrected chi connectivity index (χ3v) is 3.25. The minimum Gasteiger partial charge on any atom is -0.379 e. The van der Waals surface area contributed by atoms with Crippen molar-refractivity contribution in [2.45, 2.75) is 0 Å². The van der Waals surface area contributed by atoms with Crippen molar-refractivity contribution < 1.29 is 9.57 Å². The van der Waals surface area contributed by atoms with Gasteiger partial charge in [-0.2, -0.15) is 0 Å². The maximum absolute atomic E-state index is 5.83. The second-order valence-electron chi connectivity index (χ2n) is 4.39. The topological polar surface area (TPSA) is 33.7 Å². The maximum Gasteiger partial charge on any atom is 0.0873 e. The fourth-order valence-corrected chi connectivity index (χ4v) is 1.97. The van der Waals surface area contributed by atoms with Gasteiger partial charge in [-0.3, -0.25) is 15.2 Å². The number of morpholine rings is 1. The van der Waals surface area contributed by atoms with E-state index >= 15 is 0 Å². The van der Waals surface area contributed by atoms with Crippen molar-refractivity contribution in [3.05, 3.63) is 41.4 Å². The van der Waals surface area contributed by atoms with E-state index < -0.39 is 0 Å². The van der Waals surface area contributed by atoms with E-state index in [-0.39, 0.29) is 0 Å². The summed E-state index contributed by atoms with van der Waals surface area (Å²) in [5.74, 6) is 0. The van der Waals surface area contributed by atoms with Gasteiger partial charge >= 0.3 is 0 Å². The molecular formula is C14H19ClN2O2. The highest BCUT2D eigenvalue weighted by Crippen LogP contribution is 2.14. The first-order valence-corrected chi connectivity index (χ1v) is 6.76. The number of halogens is 1. The molecule has 1 fully saturated rings. The average Bonchev–Trinajstić information content (AvgIpc) is 2.45. The van der Waals surface area contributed by atoms with Gasteiger partial charge in [0, 0.05) is 24.7 Å². The quantitative estimate of drug-likeness (QED) is 0.640. The molecule has 1 aromatic rings. The first kappa shape index (κ1) is 14.3. The average molecular weight is 283 g/mol. The predicted molar refractivity (Wildman–Crippen MR) is 76.8 cm³/mol. The molecule has 104 valence electrons. The lowest BCUT2D eigenvalue weighted by atomic mass is 10.2. The van der Waals surface area contributed by atoms with Crippen molar-refractivity contribution >= 4 is 17.3 Å². The maximum atomic E-state index is 5.83. The zero-order valence-corrected chi connectivity index (χ0v) is 11.7. The van der Waals surface area contributed by atoms with Crippen molar-refractivity contribution in [2.24, 2.45) is 0 Å².